The van der Waals surface area contributed by atoms with Crippen LogP contribution in [0.2, 0.25) is 0 Å². The Balaban J connectivity index is 2.26. The first-order valence-corrected chi connectivity index (χ1v) is 7.06. The quantitative estimate of drug-likeness (QED) is 0.829. The van der Waals surface area contributed by atoms with Gasteiger partial charge in [0, 0.05) is 11.6 Å². The Labute approximate surface area is 129 Å². The number of benzene rings is 1. The van der Waals surface area contributed by atoms with E-state index in [1.165, 1.54) is 0 Å². The van der Waals surface area contributed by atoms with E-state index >= 15 is 0 Å². The zero-order valence-electron chi connectivity index (χ0n) is 12.7. The Bertz CT molecular complexity index is 728. The minimum Gasteiger partial charge on any atom is -0.368 e. The van der Waals surface area contributed by atoms with Crippen LogP contribution in [0, 0.1) is 0 Å². The van der Waals surface area contributed by atoms with Crippen LogP contribution in [-0.2, 0) is 4.79 Å². The molecular weight excluding hydrogens is 278 g/mol. The average molecular weight is 297 g/mol. The number of nitrogens with one attached hydrogen (secondary N) is 1. The number of allylic oxidation sites excluding steroid dienone is 1. The highest BCUT2D eigenvalue weighted by molar-refractivity contribution is 6.06. The van der Waals surface area contributed by atoms with Crippen LogP contribution in [0.5, 0.6) is 0 Å². The molecule has 0 radical (unpaired) electrons. The summed E-state index contributed by atoms with van der Waals surface area (Å²) in [4.78, 5) is 28.2. The number of hydrogen-bond donors (Lipinski definition) is 2. The van der Waals surface area contributed by atoms with Gasteiger partial charge in [0.1, 0.15) is 6.04 Å². The van der Waals surface area contributed by atoms with E-state index in [0.717, 1.165) is 11.0 Å². The van der Waals surface area contributed by atoms with Crippen molar-refractivity contribution in [3.05, 3.63) is 53.7 Å². The molecule has 114 valence electrons. The normalized spacial score (nSPS) is 11.7. The maximum Gasteiger partial charge on any atom is 0.254 e. The highest BCUT2D eigenvalue weighted by Crippen LogP contribution is 2.16. The third-order valence-electron chi connectivity index (χ3n) is 3.29. The standard InChI is InChI=1S/C17H19N3O2/c1-11(2)8-9-14(16(18)21)20-17(22)13-7-3-5-12-6-4-10-19-15(12)13/h3-8,10,14H,9H2,1-2H3,(H2,18,21)(H,20,22)/t14-/m0/s1. The summed E-state index contributed by atoms with van der Waals surface area (Å²) in [6.45, 7) is 3.85. The summed E-state index contributed by atoms with van der Waals surface area (Å²) in [6.07, 6.45) is 3.88. The largest absolute Gasteiger partial charge is 0.368 e. The molecule has 0 saturated carbocycles. The fraction of sp³-hybridized carbons (Fsp3) is 0.235. The first-order chi connectivity index (χ1) is 10.5. The van der Waals surface area contributed by atoms with Crippen LogP contribution in [0.25, 0.3) is 10.9 Å². The monoisotopic (exact) mass is 297 g/mol. The zero-order chi connectivity index (χ0) is 16.1. The number of primary amides is 1. The smallest absolute Gasteiger partial charge is 0.254 e. The molecule has 0 aliphatic rings. The summed E-state index contributed by atoms with van der Waals surface area (Å²) in [7, 11) is 0. The Hall–Kier alpha value is -2.69. The van der Waals surface area contributed by atoms with Gasteiger partial charge in [0.2, 0.25) is 5.91 Å². The Kier molecular flexibility index (Phi) is 4.88. The van der Waals surface area contributed by atoms with Crippen LogP contribution in [0.4, 0.5) is 0 Å². The first-order valence-electron chi connectivity index (χ1n) is 7.06. The third-order valence-corrected chi connectivity index (χ3v) is 3.29. The van der Waals surface area contributed by atoms with E-state index in [4.69, 9.17) is 5.73 Å². The molecule has 5 nitrogen and oxygen atoms in total. The second-order valence-electron chi connectivity index (χ2n) is 5.33. The number of nitrogens with zero attached hydrogens (tertiary/aromatic N) is 1. The molecule has 1 aromatic carbocycles. The van der Waals surface area contributed by atoms with Gasteiger partial charge in [0.25, 0.3) is 5.91 Å². The van der Waals surface area contributed by atoms with Gasteiger partial charge in [0.15, 0.2) is 0 Å². The molecule has 0 aliphatic carbocycles. The number of rotatable bonds is 5. The SMILES string of the molecule is CC(C)=CC[C@H](NC(=O)c1cccc2cccnc12)C(N)=O. The number of carbonyl (C=O) groups is 2. The maximum atomic E-state index is 12.4. The van der Waals surface area contributed by atoms with E-state index in [1.54, 1.807) is 18.3 Å². The number of pyridine rings is 1. The molecule has 2 aromatic rings. The van der Waals surface area contributed by atoms with Crippen molar-refractivity contribution in [2.24, 2.45) is 5.73 Å². The van der Waals surface area contributed by atoms with Gasteiger partial charge in [-0.25, -0.2) is 0 Å². The maximum absolute atomic E-state index is 12.4. The van der Waals surface area contributed by atoms with Crippen molar-refractivity contribution in [3.63, 3.8) is 0 Å². The number of nitrogens with two attached hydrogens (primary N) is 1. The lowest BCUT2D eigenvalue weighted by molar-refractivity contribution is -0.119. The summed E-state index contributed by atoms with van der Waals surface area (Å²) in [6, 6.07) is 8.31. The fourth-order valence-electron chi connectivity index (χ4n) is 2.12. The Morgan fingerprint density at radius 1 is 1.27 bits per heavy atom. The van der Waals surface area contributed by atoms with E-state index in [2.05, 4.69) is 10.3 Å². The van der Waals surface area contributed by atoms with Crippen molar-refractivity contribution in [1.29, 1.82) is 0 Å². The van der Waals surface area contributed by atoms with Gasteiger partial charge < -0.3 is 11.1 Å². The van der Waals surface area contributed by atoms with Crippen molar-refractivity contribution in [1.82, 2.24) is 10.3 Å². The summed E-state index contributed by atoms with van der Waals surface area (Å²) in [5.74, 6) is -0.908. The van der Waals surface area contributed by atoms with Crippen LogP contribution in [-0.4, -0.2) is 22.8 Å². The zero-order valence-corrected chi connectivity index (χ0v) is 12.7. The summed E-state index contributed by atoms with van der Waals surface area (Å²) in [5, 5.41) is 3.55. The predicted octanol–water partition coefficient (Wildman–Crippen LogP) is 2.17. The van der Waals surface area contributed by atoms with Crippen molar-refractivity contribution in [3.8, 4) is 0 Å². The highest BCUT2D eigenvalue weighted by Gasteiger charge is 2.19. The lowest BCUT2D eigenvalue weighted by Crippen LogP contribution is -2.44. The van der Waals surface area contributed by atoms with Gasteiger partial charge in [0.05, 0.1) is 11.1 Å². The molecule has 0 bridgehead atoms. The van der Waals surface area contributed by atoms with Crippen LogP contribution in [0.3, 0.4) is 0 Å². The van der Waals surface area contributed by atoms with E-state index in [0.29, 0.717) is 17.5 Å². The van der Waals surface area contributed by atoms with Gasteiger partial charge in [-0.05, 0) is 32.4 Å². The van der Waals surface area contributed by atoms with Crippen molar-refractivity contribution >= 4 is 22.7 Å². The Morgan fingerprint density at radius 2 is 2.00 bits per heavy atom. The summed E-state index contributed by atoms with van der Waals surface area (Å²) in [5.41, 5.74) is 7.46. The first kappa shape index (κ1) is 15.7. The number of carbonyl (C=O) groups excluding carboxylic acids is 2. The topological polar surface area (TPSA) is 85.1 Å². The van der Waals surface area contributed by atoms with Gasteiger partial charge in [-0.3, -0.25) is 14.6 Å². The molecule has 0 aliphatic heterocycles. The molecule has 1 heterocycles. The van der Waals surface area contributed by atoms with Crippen LogP contribution in [0.15, 0.2) is 48.2 Å². The molecule has 2 amide bonds. The molecule has 2 rings (SSSR count). The van der Waals surface area contributed by atoms with Crippen LogP contribution < -0.4 is 11.1 Å². The van der Waals surface area contributed by atoms with E-state index in [1.807, 2.05) is 38.1 Å². The van der Waals surface area contributed by atoms with Gasteiger partial charge in [-0.15, -0.1) is 0 Å². The number of fused-ring (bicyclic) bond motifs is 1. The summed E-state index contributed by atoms with van der Waals surface area (Å²) >= 11 is 0. The third kappa shape index (κ3) is 3.69. The molecule has 22 heavy (non-hydrogen) atoms. The van der Waals surface area contributed by atoms with Crippen molar-refractivity contribution < 1.29 is 9.59 Å². The second kappa shape index (κ2) is 6.85. The van der Waals surface area contributed by atoms with Gasteiger partial charge in [-0.1, -0.05) is 29.8 Å². The van der Waals surface area contributed by atoms with Crippen LogP contribution >= 0.6 is 0 Å². The Morgan fingerprint density at radius 3 is 2.68 bits per heavy atom. The number of para-hydroxylation sites is 1. The van der Waals surface area contributed by atoms with E-state index in [9.17, 15) is 9.59 Å². The molecule has 0 unspecified atom stereocenters. The average Bonchev–Trinajstić information content (AvgIpc) is 2.50. The highest BCUT2D eigenvalue weighted by atomic mass is 16.2. The lowest BCUT2D eigenvalue weighted by Gasteiger charge is -2.14. The lowest BCUT2D eigenvalue weighted by atomic mass is 10.1. The number of amides is 2. The minimum atomic E-state index is -0.735. The van der Waals surface area contributed by atoms with Crippen molar-refractivity contribution in [2.45, 2.75) is 26.3 Å². The predicted molar refractivity (Wildman–Crippen MR) is 86.2 cm³/mol. The molecule has 5 heteroatoms. The van der Waals surface area contributed by atoms with Gasteiger partial charge in [-0.2, -0.15) is 0 Å². The fourth-order valence-corrected chi connectivity index (χ4v) is 2.12. The minimum absolute atomic E-state index is 0.352. The molecule has 1 atom stereocenters. The van der Waals surface area contributed by atoms with Crippen molar-refractivity contribution in [2.75, 3.05) is 0 Å². The van der Waals surface area contributed by atoms with E-state index < -0.39 is 11.9 Å². The molecule has 0 fully saturated rings. The molecule has 3 N–H and O–H groups in total. The van der Waals surface area contributed by atoms with Crippen LogP contribution in [0.1, 0.15) is 30.6 Å². The number of hydrogen-bond acceptors (Lipinski definition) is 3. The summed E-state index contributed by atoms with van der Waals surface area (Å²) < 4.78 is 0. The number of aromatic nitrogens is 1. The van der Waals surface area contributed by atoms with Gasteiger partial charge >= 0.3 is 0 Å². The molecular formula is C17H19N3O2. The molecule has 1 aromatic heterocycles. The molecule has 0 spiro atoms. The second-order valence-corrected chi connectivity index (χ2v) is 5.33. The van der Waals surface area contributed by atoms with E-state index in [-0.39, 0.29) is 5.91 Å². The molecule has 0 saturated heterocycles.